The van der Waals surface area contributed by atoms with Gasteiger partial charge in [-0.25, -0.2) is 9.59 Å². The maximum atomic E-state index is 12.8. The molecule has 0 heterocycles. The average Bonchev–Trinajstić information content (AvgIpc) is 3.09. The number of rotatable bonds is 28. The Morgan fingerprint density at radius 2 is 0.837 bits per heavy atom. The van der Waals surface area contributed by atoms with Gasteiger partial charge in [-0.05, 0) is 93.7 Å². The van der Waals surface area contributed by atoms with E-state index in [1.54, 1.807) is 0 Å². The number of hydrogen-bond acceptors (Lipinski definition) is 4. The Kier molecular flexibility index (Phi) is 23.8. The molecule has 49 heavy (non-hydrogen) atoms. The van der Waals surface area contributed by atoms with Gasteiger partial charge in [0.05, 0.1) is 13.3 Å². The third kappa shape index (κ3) is 20.9. The molecule has 2 aromatic carbocycles. The van der Waals surface area contributed by atoms with E-state index in [0.717, 1.165) is 61.5 Å². The van der Waals surface area contributed by atoms with Gasteiger partial charge in [0.1, 0.15) is 0 Å². The van der Waals surface area contributed by atoms with Crippen molar-refractivity contribution in [2.75, 3.05) is 50.1 Å². The Bertz CT molecular complexity index is 1050. The third-order valence-corrected chi connectivity index (χ3v) is 9.02. The molecule has 0 radical (unpaired) electrons. The summed E-state index contributed by atoms with van der Waals surface area (Å²) < 4.78 is 0. The van der Waals surface area contributed by atoms with Crippen molar-refractivity contribution in [3.63, 3.8) is 0 Å². The second-order valence-corrected chi connectivity index (χ2v) is 13.6. The van der Waals surface area contributed by atoms with Crippen LogP contribution in [0.15, 0.2) is 48.5 Å². The van der Waals surface area contributed by atoms with Crippen LogP contribution in [0.2, 0.25) is 0 Å². The molecule has 0 aliphatic heterocycles. The van der Waals surface area contributed by atoms with E-state index in [1.165, 1.54) is 89.9 Å². The Morgan fingerprint density at radius 1 is 0.490 bits per heavy atom. The summed E-state index contributed by atoms with van der Waals surface area (Å²) in [6, 6.07) is 15.6. The molecule has 0 bridgehead atoms. The van der Waals surface area contributed by atoms with Crippen LogP contribution in [0.5, 0.6) is 0 Å². The Labute approximate surface area is 299 Å². The number of unbranched alkanes of at least 4 members (excludes halogenated alkanes) is 12. The van der Waals surface area contributed by atoms with Crippen LogP contribution in [0.4, 0.5) is 21.0 Å². The number of carbonyl (C=O) groups excluding carboxylic acids is 2. The van der Waals surface area contributed by atoms with Crippen molar-refractivity contribution in [3.05, 3.63) is 59.7 Å². The van der Waals surface area contributed by atoms with Crippen LogP contribution >= 0.6 is 0 Å². The predicted octanol–water partition coefficient (Wildman–Crippen LogP) is 10.4. The summed E-state index contributed by atoms with van der Waals surface area (Å²) in [6.45, 7) is 14.1. The zero-order valence-corrected chi connectivity index (χ0v) is 31.6. The number of hydrogen-bond donors (Lipinski definition) is 4. The average molecular weight is 679 g/mol. The molecule has 2 aromatic rings. The van der Waals surface area contributed by atoms with Crippen molar-refractivity contribution in [2.24, 2.45) is 0 Å². The van der Waals surface area contributed by atoms with Gasteiger partial charge in [0.2, 0.25) is 0 Å². The Hall–Kier alpha value is -3.10. The quantitative estimate of drug-likeness (QED) is 0.0533. The molecule has 4 amide bonds. The van der Waals surface area contributed by atoms with Gasteiger partial charge < -0.3 is 21.3 Å². The number of carbonyl (C=O) groups is 2. The molecular weight excluding hydrogens is 608 g/mol. The summed E-state index contributed by atoms with van der Waals surface area (Å²) in [6.07, 6.45) is 20.4. The first-order chi connectivity index (χ1) is 24.0. The van der Waals surface area contributed by atoms with Crippen LogP contribution in [0.3, 0.4) is 0 Å². The van der Waals surface area contributed by atoms with Gasteiger partial charge in [0.15, 0.2) is 0 Å². The van der Waals surface area contributed by atoms with Crippen LogP contribution in [-0.4, -0.2) is 61.4 Å². The molecule has 8 heteroatoms. The van der Waals surface area contributed by atoms with Crippen LogP contribution in [0.25, 0.3) is 0 Å². The summed E-state index contributed by atoms with van der Waals surface area (Å²) in [5.41, 5.74) is 3.73. The first kappa shape index (κ1) is 42.1. The van der Waals surface area contributed by atoms with Gasteiger partial charge in [0.25, 0.3) is 0 Å². The molecule has 0 aliphatic rings. The first-order valence-electron chi connectivity index (χ1n) is 19.7. The fraction of sp³-hybridized carbons (Fsp3) is 0.659. The summed E-state index contributed by atoms with van der Waals surface area (Å²) in [4.78, 5) is 30.4. The molecule has 276 valence electrons. The fourth-order valence-electron chi connectivity index (χ4n) is 6.06. The molecule has 0 atom stereocenters. The van der Waals surface area contributed by atoms with Crippen molar-refractivity contribution < 1.29 is 9.59 Å². The third-order valence-electron chi connectivity index (χ3n) is 9.02. The van der Waals surface area contributed by atoms with Crippen molar-refractivity contribution in [2.45, 2.75) is 137 Å². The lowest BCUT2D eigenvalue weighted by Gasteiger charge is -2.23. The van der Waals surface area contributed by atoms with E-state index in [9.17, 15) is 9.59 Å². The smallest absolute Gasteiger partial charge is 0.320 e. The second-order valence-electron chi connectivity index (χ2n) is 13.6. The summed E-state index contributed by atoms with van der Waals surface area (Å²) in [5.74, 6) is 0. The number of anilines is 2. The number of amides is 4. The molecule has 0 spiro atoms. The molecule has 0 fully saturated rings. The maximum absolute atomic E-state index is 12.8. The van der Waals surface area contributed by atoms with Gasteiger partial charge in [0, 0.05) is 11.4 Å². The highest BCUT2D eigenvalue weighted by Crippen LogP contribution is 2.18. The molecule has 4 N–H and O–H groups in total. The van der Waals surface area contributed by atoms with Crippen LogP contribution < -0.4 is 21.3 Å². The second kappa shape index (κ2) is 27.7. The molecule has 0 saturated carbocycles. The minimum atomic E-state index is -0.179. The van der Waals surface area contributed by atoms with Crippen LogP contribution in [0.1, 0.15) is 142 Å². The number of nitrogens with one attached hydrogen (secondary N) is 4. The van der Waals surface area contributed by atoms with E-state index in [2.05, 4.69) is 70.9 Å². The fourth-order valence-corrected chi connectivity index (χ4v) is 6.06. The normalized spacial score (nSPS) is 11.2. The highest BCUT2D eigenvalue weighted by atomic mass is 16.2. The Balaban J connectivity index is 1.85. The monoisotopic (exact) mass is 679 g/mol. The zero-order valence-electron chi connectivity index (χ0n) is 31.6. The number of urea groups is 2. The molecule has 8 nitrogen and oxygen atoms in total. The minimum Gasteiger partial charge on any atom is -0.325 e. The van der Waals surface area contributed by atoms with Crippen molar-refractivity contribution in [1.82, 2.24) is 20.4 Å². The number of nitrogens with zero attached hydrogens (tertiary/aromatic N) is 2. The summed E-state index contributed by atoms with van der Waals surface area (Å²) >= 11 is 0. The van der Waals surface area contributed by atoms with E-state index in [4.69, 9.17) is 0 Å². The van der Waals surface area contributed by atoms with Gasteiger partial charge >= 0.3 is 12.1 Å². The highest BCUT2D eigenvalue weighted by Gasteiger charge is 2.10. The minimum absolute atomic E-state index is 0.179. The van der Waals surface area contributed by atoms with Gasteiger partial charge in [-0.1, -0.05) is 129 Å². The maximum Gasteiger partial charge on any atom is 0.320 e. The zero-order chi connectivity index (χ0) is 35.4. The molecule has 0 saturated heterocycles. The van der Waals surface area contributed by atoms with Crippen LogP contribution in [0, 0.1) is 0 Å². The lowest BCUT2D eigenvalue weighted by molar-refractivity contribution is 0.223. The topological polar surface area (TPSA) is 88.7 Å². The Morgan fingerprint density at radius 3 is 1.22 bits per heavy atom. The molecular formula is C41H70N6O2. The number of benzene rings is 2. The van der Waals surface area contributed by atoms with Crippen molar-refractivity contribution in [1.29, 1.82) is 0 Å². The van der Waals surface area contributed by atoms with Crippen LogP contribution in [-0.2, 0) is 6.42 Å². The standard InChI is InChI=1S/C41H70N6O2/c1-5-9-13-15-19-29-46(27-17-11-7-3)34-42-40(48)44-38-25-21-23-36(32-38)31-37-24-22-26-39(33-37)45-41(49)43-35-47(28-18-12-8-4)30-20-16-14-10-6-2/h21-26,32-33H,5-20,27-31,34-35H2,1-4H3,(H2,42,44,48)(H2,43,45,49). The van der Waals surface area contributed by atoms with E-state index in [-0.39, 0.29) is 12.1 Å². The van der Waals surface area contributed by atoms with Gasteiger partial charge in [-0.2, -0.15) is 0 Å². The molecule has 0 unspecified atom stereocenters. The van der Waals surface area contributed by atoms with E-state index in [1.807, 2.05) is 36.4 Å². The first-order valence-corrected chi connectivity index (χ1v) is 19.7. The molecule has 2 rings (SSSR count). The van der Waals surface area contributed by atoms with Gasteiger partial charge in [-0.3, -0.25) is 9.80 Å². The van der Waals surface area contributed by atoms with Gasteiger partial charge in [-0.15, -0.1) is 0 Å². The lowest BCUT2D eigenvalue weighted by atomic mass is 10.0. The van der Waals surface area contributed by atoms with Crippen molar-refractivity contribution >= 4 is 23.4 Å². The van der Waals surface area contributed by atoms with E-state index >= 15 is 0 Å². The SMILES string of the molecule is CCCCCCCN(CCCCC)CNC(=O)Nc1cccc(Cc2cccc(NC(=O)NCN(CCCCC)CCCCCCC)c2)c1. The lowest BCUT2D eigenvalue weighted by Crippen LogP contribution is -2.40. The largest absolute Gasteiger partial charge is 0.325 e. The summed E-state index contributed by atoms with van der Waals surface area (Å²) in [5, 5.41) is 12.2. The van der Waals surface area contributed by atoms with E-state index < -0.39 is 0 Å². The molecule has 0 aliphatic carbocycles. The molecule has 0 aromatic heterocycles. The predicted molar refractivity (Wildman–Crippen MR) is 209 cm³/mol. The van der Waals surface area contributed by atoms with Crippen molar-refractivity contribution in [3.8, 4) is 0 Å². The van der Waals surface area contributed by atoms with E-state index in [0.29, 0.717) is 19.8 Å². The highest BCUT2D eigenvalue weighted by molar-refractivity contribution is 5.89. The summed E-state index contributed by atoms with van der Waals surface area (Å²) in [7, 11) is 0.